The first-order valence-corrected chi connectivity index (χ1v) is 6.24. The summed E-state index contributed by atoms with van der Waals surface area (Å²) in [6, 6.07) is 12.0. The third kappa shape index (κ3) is 2.25. The van der Waals surface area contributed by atoms with Crippen LogP contribution in [0.1, 0.15) is 5.56 Å². The predicted octanol–water partition coefficient (Wildman–Crippen LogP) is 1.90. The number of anilines is 2. The Labute approximate surface area is 116 Å². The van der Waals surface area contributed by atoms with E-state index >= 15 is 0 Å². The van der Waals surface area contributed by atoms with Crippen LogP contribution >= 0.6 is 0 Å². The zero-order valence-corrected chi connectivity index (χ0v) is 10.7. The summed E-state index contributed by atoms with van der Waals surface area (Å²) in [4.78, 5) is 13.7. The van der Waals surface area contributed by atoms with Gasteiger partial charge in [-0.05, 0) is 35.9 Å². The molecule has 0 fully saturated rings. The van der Waals surface area contributed by atoms with E-state index in [0.29, 0.717) is 23.7 Å². The fraction of sp³-hybridized carbons (Fsp3) is 0.133. The van der Waals surface area contributed by atoms with Gasteiger partial charge < -0.3 is 20.5 Å². The van der Waals surface area contributed by atoms with Gasteiger partial charge in [-0.2, -0.15) is 0 Å². The molecule has 1 aliphatic rings. The zero-order chi connectivity index (χ0) is 14.1. The van der Waals surface area contributed by atoms with Crippen LogP contribution in [-0.2, 0) is 11.3 Å². The van der Waals surface area contributed by atoms with Crippen LogP contribution in [-0.4, -0.2) is 17.6 Å². The first-order valence-electron chi connectivity index (χ1n) is 6.24. The SMILES string of the molecule is Nc1ccc2c(c1)N(Cc1ccc(O)cc1)C(=O)CO2. The molecule has 1 amide bonds. The van der Waals surface area contributed by atoms with Crippen molar-refractivity contribution in [2.75, 3.05) is 17.2 Å². The summed E-state index contributed by atoms with van der Waals surface area (Å²) in [5.74, 6) is 0.737. The van der Waals surface area contributed by atoms with Gasteiger partial charge in [0.05, 0.1) is 12.2 Å². The van der Waals surface area contributed by atoms with E-state index in [2.05, 4.69) is 0 Å². The van der Waals surface area contributed by atoms with E-state index in [9.17, 15) is 9.90 Å². The molecule has 5 nitrogen and oxygen atoms in total. The van der Waals surface area contributed by atoms with E-state index in [-0.39, 0.29) is 18.3 Å². The van der Waals surface area contributed by atoms with Crippen molar-refractivity contribution < 1.29 is 14.6 Å². The fourth-order valence-electron chi connectivity index (χ4n) is 2.18. The lowest BCUT2D eigenvalue weighted by Crippen LogP contribution is -2.38. The number of hydrogen-bond acceptors (Lipinski definition) is 4. The smallest absolute Gasteiger partial charge is 0.265 e. The molecule has 1 heterocycles. The summed E-state index contributed by atoms with van der Waals surface area (Å²) in [5.41, 5.74) is 7.96. The molecule has 0 saturated carbocycles. The number of nitrogen functional groups attached to an aromatic ring is 1. The number of carbonyl (C=O) groups excluding carboxylic acids is 1. The lowest BCUT2D eigenvalue weighted by molar-refractivity contribution is -0.121. The van der Waals surface area contributed by atoms with Gasteiger partial charge in [-0.1, -0.05) is 12.1 Å². The van der Waals surface area contributed by atoms with Crippen molar-refractivity contribution in [1.82, 2.24) is 0 Å². The quantitative estimate of drug-likeness (QED) is 0.817. The minimum absolute atomic E-state index is 0.0228. The van der Waals surface area contributed by atoms with E-state index in [1.54, 1.807) is 47.4 Å². The first kappa shape index (κ1) is 12.3. The Morgan fingerprint density at radius 2 is 1.95 bits per heavy atom. The number of ether oxygens (including phenoxy) is 1. The number of carbonyl (C=O) groups is 1. The Bertz CT molecular complexity index is 653. The number of benzene rings is 2. The van der Waals surface area contributed by atoms with Crippen molar-refractivity contribution in [3.8, 4) is 11.5 Å². The molecule has 0 unspecified atom stereocenters. The van der Waals surface area contributed by atoms with Crippen molar-refractivity contribution in [2.24, 2.45) is 0 Å². The van der Waals surface area contributed by atoms with Crippen LogP contribution in [0.5, 0.6) is 11.5 Å². The molecule has 5 heteroatoms. The molecule has 0 aromatic heterocycles. The molecule has 1 aliphatic heterocycles. The number of hydrogen-bond donors (Lipinski definition) is 2. The number of phenols is 1. The maximum absolute atomic E-state index is 12.1. The number of amides is 1. The molecular weight excluding hydrogens is 256 g/mol. The Morgan fingerprint density at radius 3 is 2.70 bits per heavy atom. The van der Waals surface area contributed by atoms with Gasteiger partial charge in [-0.15, -0.1) is 0 Å². The van der Waals surface area contributed by atoms with Crippen molar-refractivity contribution in [1.29, 1.82) is 0 Å². The Kier molecular flexibility index (Phi) is 2.95. The Morgan fingerprint density at radius 1 is 1.20 bits per heavy atom. The fourth-order valence-corrected chi connectivity index (χ4v) is 2.18. The molecule has 0 spiro atoms. The highest BCUT2D eigenvalue weighted by molar-refractivity contribution is 5.98. The zero-order valence-electron chi connectivity index (χ0n) is 10.7. The molecule has 2 aromatic carbocycles. The molecule has 0 aliphatic carbocycles. The van der Waals surface area contributed by atoms with Crippen LogP contribution in [0.15, 0.2) is 42.5 Å². The molecule has 20 heavy (non-hydrogen) atoms. The molecular formula is C15H14N2O3. The van der Waals surface area contributed by atoms with Crippen LogP contribution < -0.4 is 15.4 Å². The minimum Gasteiger partial charge on any atom is -0.508 e. The number of aromatic hydroxyl groups is 1. The number of rotatable bonds is 2. The number of nitrogens with two attached hydrogens (primary N) is 1. The maximum Gasteiger partial charge on any atom is 0.265 e. The lowest BCUT2D eigenvalue weighted by atomic mass is 10.1. The summed E-state index contributed by atoms with van der Waals surface area (Å²) in [7, 11) is 0. The van der Waals surface area contributed by atoms with Gasteiger partial charge in [0.1, 0.15) is 11.5 Å². The predicted molar refractivity (Wildman–Crippen MR) is 75.6 cm³/mol. The van der Waals surface area contributed by atoms with Gasteiger partial charge >= 0.3 is 0 Å². The summed E-state index contributed by atoms with van der Waals surface area (Å²) < 4.78 is 5.39. The molecule has 0 saturated heterocycles. The molecule has 0 bridgehead atoms. The summed E-state index contributed by atoms with van der Waals surface area (Å²) in [6.07, 6.45) is 0. The van der Waals surface area contributed by atoms with Crippen LogP contribution in [0.2, 0.25) is 0 Å². The van der Waals surface area contributed by atoms with Gasteiger partial charge in [0.2, 0.25) is 0 Å². The highest BCUT2D eigenvalue weighted by Crippen LogP contribution is 2.34. The van der Waals surface area contributed by atoms with E-state index in [0.717, 1.165) is 5.56 Å². The summed E-state index contributed by atoms with van der Waals surface area (Å²) in [6.45, 7) is 0.438. The van der Waals surface area contributed by atoms with Gasteiger partial charge in [-0.3, -0.25) is 4.79 Å². The topological polar surface area (TPSA) is 75.8 Å². The van der Waals surface area contributed by atoms with E-state index in [1.165, 1.54) is 0 Å². The van der Waals surface area contributed by atoms with Crippen molar-refractivity contribution in [2.45, 2.75) is 6.54 Å². The maximum atomic E-state index is 12.1. The van der Waals surface area contributed by atoms with Crippen LogP contribution in [0.4, 0.5) is 11.4 Å². The van der Waals surface area contributed by atoms with Gasteiger partial charge in [0.15, 0.2) is 6.61 Å². The van der Waals surface area contributed by atoms with Crippen molar-refractivity contribution in [3.05, 3.63) is 48.0 Å². The average Bonchev–Trinajstić information content (AvgIpc) is 2.44. The monoisotopic (exact) mass is 270 g/mol. The molecule has 0 atom stereocenters. The Hall–Kier alpha value is -2.69. The first-order chi connectivity index (χ1) is 9.63. The minimum atomic E-state index is -0.115. The standard InChI is InChI=1S/C15H14N2O3/c16-11-3-6-14-13(7-11)17(15(19)9-20-14)8-10-1-4-12(18)5-2-10/h1-7,18H,8-9,16H2. The van der Waals surface area contributed by atoms with Gasteiger partial charge in [-0.25, -0.2) is 0 Å². The molecule has 3 N–H and O–H groups in total. The summed E-state index contributed by atoms with van der Waals surface area (Å²) in [5, 5.41) is 9.29. The van der Waals surface area contributed by atoms with Gasteiger partial charge in [0, 0.05) is 5.69 Å². The highest BCUT2D eigenvalue weighted by atomic mass is 16.5. The summed E-state index contributed by atoms with van der Waals surface area (Å²) >= 11 is 0. The molecule has 0 radical (unpaired) electrons. The lowest BCUT2D eigenvalue weighted by Gasteiger charge is -2.29. The third-order valence-corrected chi connectivity index (χ3v) is 3.20. The number of nitrogens with zero attached hydrogens (tertiary/aromatic N) is 1. The van der Waals surface area contributed by atoms with Gasteiger partial charge in [0.25, 0.3) is 5.91 Å². The van der Waals surface area contributed by atoms with E-state index in [4.69, 9.17) is 10.5 Å². The second kappa shape index (κ2) is 4.77. The second-order valence-corrected chi connectivity index (χ2v) is 4.66. The largest absolute Gasteiger partial charge is 0.508 e. The van der Waals surface area contributed by atoms with Crippen LogP contribution in [0, 0.1) is 0 Å². The average molecular weight is 270 g/mol. The Balaban J connectivity index is 1.94. The van der Waals surface area contributed by atoms with E-state index < -0.39 is 0 Å². The van der Waals surface area contributed by atoms with E-state index in [1.807, 2.05) is 0 Å². The normalized spacial score (nSPS) is 13.8. The molecule has 3 rings (SSSR count). The molecule has 102 valence electrons. The van der Waals surface area contributed by atoms with Crippen LogP contribution in [0.3, 0.4) is 0 Å². The number of fused-ring (bicyclic) bond motifs is 1. The highest BCUT2D eigenvalue weighted by Gasteiger charge is 2.25. The van der Waals surface area contributed by atoms with Crippen molar-refractivity contribution >= 4 is 17.3 Å². The second-order valence-electron chi connectivity index (χ2n) is 4.66. The third-order valence-electron chi connectivity index (χ3n) is 3.20. The van der Waals surface area contributed by atoms with Crippen LogP contribution in [0.25, 0.3) is 0 Å². The van der Waals surface area contributed by atoms with Crippen molar-refractivity contribution in [3.63, 3.8) is 0 Å². The number of phenolic OH excluding ortho intramolecular Hbond substituents is 1. The molecule has 2 aromatic rings.